The van der Waals surface area contributed by atoms with Gasteiger partial charge in [-0.2, -0.15) is 4.31 Å². The lowest BCUT2D eigenvalue weighted by atomic mass is 9.82. The van der Waals surface area contributed by atoms with Crippen molar-refractivity contribution in [3.05, 3.63) is 51.7 Å². The van der Waals surface area contributed by atoms with Crippen molar-refractivity contribution in [3.8, 4) is 0 Å². The Morgan fingerprint density at radius 3 is 2.55 bits per heavy atom. The minimum absolute atomic E-state index is 0.0341. The van der Waals surface area contributed by atoms with Gasteiger partial charge in [-0.05, 0) is 18.5 Å². The molecule has 4 aliphatic heterocycles. The Balaban J connectivity index is 1.39. The summed E-state index contributed by atoms with van der Waals surface area (Å²) in [5.41, 5.74) is -0.541. The van der Waals surface area contributed by atoms with E-state index < -0.39 is 39.3 Å². The van der Waals surface area contributed by atoms with Crippen LogP contribution in [0.3, 0.4) is 0 Å². The van der Waals surface area contributed by atoms with Gasteiger partial charge >= 0.3 is 0 Å². The zero-order chi connectivity index (χ0) is 23.7. The average molecular weight is 502 g/mol. The number of amides is 1. The van der Waals surface area contributed by atoms with E-state index in [2.05, 4.69) is 15.3 Å². The summed E-state index contributed by atoms with van der Waals surface area (Å²) in [5.74, 6) is -1.22. The normalized spacial score (nSPS) is 25.6. The maximum Gasteiger partial charge on any atom is 0.266 e. The molecule has 3 saturated heterocycles. The highest BCUT2D eigenvalue weighted by Gasteiger charge is 2.64. The van der Waals surface area contributed by atoms with Crippen LogP contribution in [0.15, 0.2) is 18.2 Å². The molecule has 4 aliphatic rings. The van der Waals surface area contributed by atoms with E-state index in [0.717, 1.165) is 6.07 Å². The zero-order valence-electron chi connectivity index (χ0n) is 17.4. The Morgan fingerprint density at radius 2 is 1.91 bits per heavy atom. The first-order chi connectivity index (χ1) is 15.5. The number of nitrogens with one attached hydrogen (secondary N) is 1. The molecule has 13 heteroatoms. The third kappa shape index (κ3) is 3.55. The number of halogens is 4. The molecule has 1 aromatic carbocycles. The molecule has 0 saturated carbocycles. The van der Waals surface area contributed by atoms with E-state index in [1.165, 1.54) is 21.3 Å². The number of aromatic nitrogens is 2. The molecular weight excluding hydrogens is 483 g/mol. The van der Waals surface area contributed by atoms with Crippen LogP contribution >= 0.6 is 11.6 Å². The molecule has 8 nitrogen and oxygen atoms in total. The van der Waals surface area contributed by atoms with E-state index in [9.17, 15) is 26.4 Å². The van der Waals surface area contributed by atoms with Gasteiger partial charge < -0.3 is 10.2 Å². The van der Waals surface area contributed by atoms with Crippen LogP contribution in [0, 0.1) is 11.2 Å². The number of anilines is 1. The second-order valence-electron chi connectivity index (χ2n) is 8.65. The first kappa shape index (κ1) is 22.4. The second-order valence-corrected chi connectivity index (χ2v) is 11.0. The molecule has 176 valence electrons. The molecule has 0 spiro atoms. The van der Waals surface area contributed by atoms with Gasteiger partial charge in [0.15, 0.2) is 0 Å². The van der Waals surface area contributed by atoms with Gasteiger partial charge in [0.25, 0.3) is 6.43 Å². The number of fused-ring (bicyclic) bond motifs is 2. The molecule has 1 amide bonds. The van der Waals surface area contributed by atoms with E-state index in [1.807, 2.05) is 0 Å². The highest BCUT2D eigenvalue weighted by atomic mass is 35.5. The Kier molecular flexibility index (Phi) is 5.11. The van der Waals surface area contributed by atoms with Gasteiger partial charge in [0.05, 0.1) is 41.6 Å². The summed E-state index contributed by atoms with van der Waals surface area (Å²) in [4.78, 5) is 23.0. The van der Waals surface area contributed by atoms with Crippen molar-refractivity contribution in [2.75, 3.05) is 24.2 Å². The zero-order valence-corrected chi connectivity index (χ0v) is 18.9. The van der Waals surface area contributed by atoms with Crippen LogP contribution in [-0.4, -0.2) is 52.3 Å². The van der Waals surface area contributed by atoms with Crippen molar-refractivity contribution in [3.63, 3.8) is 0 Å². The first-order valence-electron chi connectivity index (χ1n) is 10.2. The Bertz CT molecular complexity index is 1270. The van der Waals surface area contributed by atoms with Crippen LogP contribution in [-0.2, 0) is 27.9 Å². The summed E-state index contributed by atoms with van der Waals surface area (Å²) < 4.78 is 66.1. The van der Waals surface area contributed by atoms with Gasteiger partial charge in [-0.15, -0.1) is 0 Å². The quantitative estimate of drug-likeness (QED) is 0.633. The molecule has 1 aromatic heterocycles. The fourth-order valence-electron chi connectivity index (χ4n) is 4.73. The van der Waals surface area contributed by atoms with E-state index in [1.54, 1.807) is 6.92 Å². The summed E-state index contributed by atoms with van der Waals surface area (Å²) in [6.45, 7) is 2.21. The monoisotopic (exact) mass is 501 g/mol. The number of hydrogen-bond acceptors (Lipinski definition) is 6. The van der Waals surface area contributed by atoms with E-state index in [0.29, 0.717) is 11.3 Å². The molecule has 5 heterocycles. The topological polar surface area (TPSA) is 95.5 Å². The number of carbonyl (C=O) groups excluding carboxylic acids is 1. The average Bonchev–Trinajstić information content (AvgIpc) is 3.33. The second kappa shape index (κ2) is 7.54. The van der Waals surface area contributed by atoms with Gasteiger partial charge in [0.2, 0.25) is 21.2 Å². The summed E-state index contributed by atoms with van der Waals surface area (Å²) in [5, 5.41) is 2.92. The number of nitrogens with zero attached hydrogens (tertiary/aromatic N) is 4. The summed E-state index contributed by atoms with van der Waals surface area (Å²) in [6.07, 6.45) is -2.95. The van der Waals surface area contributed by atoms with Gasteiger partial charge in [-0.3, -0.25) is 4.79 Å². The largest absolute Gasteiger partial charge is 0.363 e. The maximum absolute atomic E-state index is 14.6. The molecule has 6 rings (SSSR count). The van der Waals surface area contributed by atoms with Gasteiger partial charge in [-0.25, -0.2) is 31.6 Å². The fraction of sp³-hybridized carbons (Fsp3) is 0.450. The number of benzene rings is 1. The molecule has 0 unspecified atom stereocenters. The van der Waals surface area contributed by atoms with Crippen LogP contribution < -0.4 is 5.32 Å². The standard InChI is InChI=1S/C20H19ClF3N5O3S/c1-10(11-3-2-4-12(15(11)22)16(23)24)25-17-13-5-28(6-14(13)26-19(21)27-17)18(30)20-7-29(8-20)33(31,32)9-20/h2-4,10,16H,5-9H2,1H3,(H,25,26,27)/t10-/m1/s1. The lowest BCUT2D eigenvalue weighted by Crippen LogP contribution is -2.56. The van der Waals surface area contributed by atoms with Crippen LogP contribution in [0.5, 0.6) is 0 Å². The van der Waals surface area contributed by atoms with Crippen LogP contribution in [0.4, 0.5) is 19.0 Å². The molecule has 3 fully saturated rings. The number of carbonyl (C=O) groups is 1. The predicted molar refractivity (Wildman–Crippen MR) is 112 cm³/mol. The number of sulfonamides is 1. The van der Waals surface area contributed by atoms with Crippen LogP contribution in [0.2, 0.25) is 5.28 Å². The third-order valence-corrected chi connectivity index (χ3v) is 8.55. The van der Waals surface area contributed by atoms with Crippen molar-refractivity contribution in [2.45, 2.75) is 32.5 Å². The van der Waals surface area contributed by atoms with Crippen molar-refractivity contribution in [1.82, 2.24) is 19.2 Å². The molecule has 2 bridgehead atoms. The first-order valence-corrected chi connectivity index (χ1v) is 12.1. The number of rotatable bonds is 5. The van der Waals surface area contributed by atoms with Crippen molar-refractivity contribution < 1.29 is 26.4 Å². The minimum atomic E-state index is -3.39. The highest BCUT2D eigenvalue weighted by molar-refractivity contribution is 7.89. The summed E-state index contributed by atoms with van der Waals surface area (Å²) in [6, 6.07) is 3.05. The number of hydrogen-bond donors (Lipinski definition) is 1. The van der Waals surface area contributed by atoms with Crippen LogP contribution in [0.1, 0.15) is 41.8 Å². The van der Waals surface area contributed by atoms with Crippen molar-refractivity contribution >= 4 is 33.3 Å². The van der Waals surface area contributed by atoms with Crippen molar-refractivity contribution in [2.24, 2.45) is 5.41 Å². The third-order valence-electron chi connectivity index (χ3n) is 6.42. The molecule has 1 atom stereocenters. The van der Waals surface area contributed by atoms with Gasteiger partial charge in [0, 0.05) is 24.2 Å². The Hall–Kier alpha value is -2.44. The molecule has 2 aromatic rings. The summed E-state index contributed by atoms with van der Waals surface area (Å²) >= 11 is 6.06. The molecule has 1 N–H and O–H groups in total. The van der Waals surface area contributed by atoms with Crippen LogP contribution in [0.25, 0.3) is 0 Å². The molecule has 0 aliphatic carbocycles. The Morgan fingerprint density at radius 1 is 1.21 bits per heavy atom. The molecule has 33 heavy (non-hydrogen) atoms. The summed E-state index contributed by atoms with van der Waals surface area (Å²) in [7, 11) is -3.39. The number of alkyl halides is 2. The highest BCUT2D eigenvalue weighted by Crippen LogP contribution is 2.45. The fourth-order valence-corrected chi connectivity index (χ4v) is 6.99. The minimum Gasteiger partial charge on any atom is -0.363 e. The Labute approximate surface area is 192 Å². The molecular formula is C20H19ClF3N5O3S. The lowest BCUT2D eigenvalue weighted by molar-refractivity contribution is -0.146. The van der Waals surface area contributed by atoms with Crippen molar-refractivity contribution in [1.29, 1.82) is 0 Å². The predicted octanol–water partition coefficient (Wildman–Crippen LogP) is 2.87. The SMILES string of the molecule is C[C@@H](Nc1nc(Cl)nc2c1CN(C(=O)C13CN(C1)S(=O)(=O)C3)C2)c1cccc(C(F)F)c1F. The van der Waals surface area contributed by atoms with E-state index >= 15 is 0 Å². The molecule has 0 radical (unpaired) electrons. The van der Waals surface area contributed by atoms with E-state index in [4.69, 9.17) is 11.6 Å². The lowest BCUT2D eigenvalue weighted by Gasteiger charge is -2.38. The maximum atomic E-state index is 14.6. The van der Waals surface area contributed by atoms with Gasteiger partial charge in [0.1, 0.15) is 11.6 Å². The van der Waals surface area contributed by atoms with Gasteiger partial charge in [-0.1, -0.05) is 18.2 Å². The van der Waals surface area contributed by atoms with E-state index in [-0.39, 0.29) is 54.5 Å². The smallest absolute Gasteiger partial charge is 0.266 e.